The molecule has 0 saturated heterocycles. The highest BCUT2D eigenvalue weighted by molar-refractivity contribution is 5.95. The van der Waals surface area contributed by atoms with Crippen LogP contribution < -0.4 is 10.1 Å². The quantitative estimate of drug-likeness (QED) is 0.275. The molecule has 0 aliphatic rings. The molecule has 1 amide bonds. The summed E-state index contributed by atoms with van der Waals surface area (Å²) in [6, 6.07) is 11.7. The van der Waals surface area contributed by atoms with Gasteiger partial charge in [-0.25, -0.2) is 14.4 Å². The Labute approximate surface area is 227 Å². The van der Waals surface area contributed by atoms with E-state index in [0.717, 1.165) is 11.1 Å². The Morgan fingerprint density at radius 1 is 1.00 bits per heavy atom. The van der Waals surface area contributed by atoms with Gasteiger partial charge in [0.1, 0.15) is 22.6 Å². The van der Waals surface area contributed by atoms with Gasteiger partial charge in [0, 0.05) is 29.6 Å². The van der Waals surface area contributed by atoms with Gasteiger partial charge in [0.25, 0.3) is 0 Å². The Morgan fingerprint density at radius 2 is 1.85 bits per heavy atom. The van der Waals surface area contributed by atoms with E-state index < -0.39 is 5.82 Å². The standard InChI is InChI=1S/C28H24FN9O2/c1-38(2)14-23(39)32-18-9-16(12-30-13-18)20-4-5-22-26(33-20)27(37-36-22)28-34-21-6-7-31-24(25(21)35-28)15-8-17(29)11-19(10-15)40-3/h4-13H,14H2,1-3H3,(H,32,39)(H,34,35)(H,36,37). The number of imidazole rings is 1. The number of ether oxygens (including phenoxy) is 1. The van der Waals surface area contributed by atoms with E-state index in [9.17, 15) is 9.18 Å². The van der Waals surface area contributed by atoms with Crippen LogP contribution in [0.2, 0.25) is 0 Å². The number of pyridine rings is 3. The highest BCUT2D eigenvalue weighted by Gasteiger charge is 2.18. The number of benzene rings is 1. The molecule has 0 radical (unpaired) electrons. The van der Waals surface area contributed by atoms with E-state index in [4.69, 9.17) is 14.7 Å². The summed E-state index contributed by atoms with van der Waals surface area (Å²) in [5.74, 6) is 0.288. The van der Waals surface area contributed by atoms with Crippen LogP contribution in [0.3, 0.4) is 0 Å². The minimum absolute atomic E-state index is 0.139. The lowest BCUT2D eigenvalue weighted by atomic mass is 10.1. The minimum Gasteiger partial charge on any atom is -0.497 e. The monoisotopic (exact) mass is 537 g/mol. The average Bonchev–Trinajstić information content (AvgIpc) is 3.56. The fourth-order valence-electron chi connectivity index (χ4n) is 4.44. The molecule has 6 rings (SSSR count). The number of H-pyrrole nitrogens is 2. The number of methoxy groups -OCH3 is 1. The van der Waals surface area contributed by atoms with Crippen molar-refractivity contribution >= 4 is 33.7 Å². The van der Waals surface area contributed by atoms with Crippen molar-refractivity contribution in [2.24, 2.45) is 0 Å². The first-order valence-corrected chi connectivity index (χ1v) is 12.3. The summed E-state index contributed by atoms with van der Waals surface area (Å²) in [7, 11) is 5.14. The fourth-order valence-corrected chi connectivity index (χ4v) is 4.44. The van der Waals surface area contributed by atoms with Gasteiger partial charge in [-0.05, 0) is 50.5 Å². The second kappa shape index (κ2) is 10.2. The van der Waals surface area contributed by atoms with Crippen molar-refractivity contribution in [1.29, 1.82) is 0 Å². The van der Waals surface area contributed by atoms with Crippen molar-refractivity contribution in [3.63, 3.8) is 0 Å². The number of hydrogen-bond acceptors (Lipinski definition) is 8. The first kappa shape index (κ1) is 25.1. The van der Waals surface area contributed by atoms with Gasteiger partial charge in [-0.2, -0.15) is 5.10 Å². The molecule has 0 aliphatic carbocycles. The Kier molecular flexibility index (Phi) is 6.36. The van der Waals surface area contributed by atoms with Gasteiger partial charge in [-0.3, -0.25) is 19.9 Å². The molecule has 0 aliphatic heterocycles. The lowest BCUT2D eigenvalue weighted by molar-refractivity contribution is -0.116. The molecule has 40 heavy (non-hydrogen) atoms. The summed E-state index contributed by atoms with van der Waals surface area (Å²) in [6.45, 7) is 0.258. The molecule has 3 N–H and O–H groups in total. The first-order valence-electron chi connectivity index (χ1n) is 12.3. The molecule has 0 spiro atoms. The van der Waals surface area contributed by atoms with Crippen LogP contribution in [-0.4, -0.2) is 73.7 Å². The van der Waals surface area contributed by atoms with Crippen LogP contribution in [0.4, 0.5) is 10.1 Å². The van der Waals surface area contributed by atoms with Crippen LogP contribution in [0.15, 0.2) is 61.1 Å². The van der Waals surface area contributed by atoms with E-state index in [1.807, 2.05) is 32.3 Å². The van der Waals surface area contributed by atoms with E-state index in [0.29, 0.717) is 56.5 Å². The summed E-state index contributed by atoms with van der Waals surface area (Å²) in [5.41, 5.74) is 6.09. The third-order valence-electron chi connectivity index (χ3n) is 6.19. The van der Waals surface area contributed by atoms with E-state index in [2.05, 4.69) is 30.5 Å². The number of aromatic amines is 2. The number of carbonyl (C=O) groups is 1. The molecule has 0 atom stereocenters. The second-order valence-corrected chi connectivity index (χ2v) is 9.43. The zero-order chi connectivity index (χ0) is 27.8. The highest BCUT2D eigenvalue weighted by atomic mass is 19.1. The number of aromatic nitrogens is 7. The number of anilines is 1. The van der Waals surface area contributed by atoms with Crippen LogP contribution >= 0.6 is 0 Å². The largest absolute Gasteiger partial charge is 0.497 e. The first-order chi connectivity index (χ1) is 19.4. The molecular formula is C28H24FN9O2. The molecule has 12 heteroatoms. The van der Waals surface area contributed by atoms with E-state index in [1.54, 1.807) is 35.6 Å². The molecule has 5 heterocycles. The number of fused-ring (bicyclic) bond motifs is 2. The van der Waals surface area contributed by atoms with Gasteiger partial charge in [-0.15, -0.1) is 0 Å². The zero-order valence-electron chi connectivity index (χ0n) is 21.9. The third kappa shape index (κ3) is 4.83. The van der Waals surface area contributed by atoms with E-state index in [-0.39, 0.29) is 12.5 Å². The van der Waals surface area contributed by atoms with E-state index >= 15 is 0 Å². The van der Waals surface area contributed by atoms with Crippen LogP contribution in [0, 0.1) is 5.82 Å². The highest BCUT2D eigenvalue weighted by Crippen LogP contribution is 2.32. The molecule has 0 unspecified atom stereocenters. The maximum Gasteiger partial charge on any atom is 0.238 e. The van der Waals surface area contributed by atoms with Crippen molar-refractivity contribution in [3.8, 4) is 39.8 Å². The molecule has 11 nitrogen and oxygen atoms in total. The van der Waals surface area contributed by atoms with Crippen LogP contribution in [0.1, 0.15) is 0 Å². The molecule has 6 aromatic rings. The summed E-state index contributed by atoms with van der Waals surface area (Å²) in [5, 5.41) is 10.3. The normalized spacial score (nSPS) is 11.4. The summed E-state index contributed by atoms with van der Waals surface area (Å²) in [4.78, 5) is 35.6. The Hall–Kier alpha value is -5.23. The third-order valence-corrected chi connectivity index (χ3v) is 6.19. The molecular weight excluding hydrogens is 513 g/mol. The number of carbonyl (C=O) groups excluding carboxylic acids is 1. The van der Waals surface area contributed by atoms with Crippen molar-refractivity contribution < 1.29 is 13.9 Å². The van der Waals surface area contributed by atoms with Crippen molar-refractivity contribution in [3.05, 3.63) is 66.9 Å². The SMILES string of the molecule is COc1cc(F)cc(-c2nccc3[nH]c(-c4n[nH]c5ccc(-c6cncc(NC(=O)CN(C)C)c6)nc45)nc23)c1. The van der Waals surface area contributed by atoms with Crippen LogP contribution in [-0.2, 0) is 4.79 Å². The molecule has 1 aromatic carbocycles. The van der Waals surface area contributed by atoms with Gasteiger partial charge in [0.15, 0.2) is 11.5 Å². The lowest BCUT2D eigenvalue weighted by Crippen LogP contribution is -2.27. The van der Waals surface area contributed by atoms with Gasteiger partial charge < -0.3 is 19.9 Å². The summed E-state index contributed by atoms with van der Waals surface area (Å²) < 4.78 is 19.5. The van der Waals surface area contributed by atoms with E-state index in [1.165, 1.54) is 19.2 Å². The number of halogens is 1. The number of rotatable bonds is 7. The molecule has 0 saturated carbocycles. The lowest BCUT2D eigenvalue weighted by Gasteiger charge is -2.10. The maximum atomic E-state index is 14.2. The van der Waals surface area contributed by atoms with Crippen molar-refractivity contribution in [1.82, 2.24) is 40.0 Å². The average molecular weight is 538 g/mol. The van der Waals surface area contributed by atoms with Crippen molar-refractivity contribution in [2.75, 3.05) is 33.1 Å². The molecule has 0 bridgehead atoms. The number of nitrogens with one attached hydrogen (secondary N) is 3. The van der Waals surface area contributed by atoms with Crippen molar-refractivity contribution in [2.45, 2.75) is 0 Å². The fraction of sp³-hybridized carbons (Fsp3) is 0.143. The molecule has 0 fully saturated rings. The van der Waals surface area contributed by atoms with Gasteiger partial charge in [0.05, 0.1) is 48.0 Å². The van der Waals surface area contributed by atoms with Gasteiger partial charge >= 0.3 is 0 Å². The van der Waals surface area contributed by atoms with Crippen LogP contribution in [0.25, 0.3) is 56.1 Å². The predicted molar refractivity (Wildman–Crippen MR) is 149 cm³/mol. The van der Waals surface area contributed by atoms with Gasteiger partial charge in [0.2, 0.25) is 5.91 Å². The minimum atomic E-state index is -0.435. The number of nitrogens with zero attached hydrogens (tertiary/aromatic N) is 6. The molecule has 5 aromatic heterocycles. The summed E-state index contributed by atoms with van der Waals surface area (Å²) >= 11 is 0. The maximum absolute atomic E-state index is 14.2. The molecule has 200 valence electrons. The Morgan fingerprint density at radius 3 is 2.67 bits per heavy atom. The van der Waals surface area contributed by atoms with Crippen LogP contribution in [0.5, 0.6) is 5.75 Å². The number of amides is 1. The predicted octanol–water partition coefficient (Wildman–Crippen LogP) is 4.27. The Balaban J connectivity index is 1.38. The Bertz CT molecular complexity index is 1880. The summed E-state index contributed by atoms with van der Waals surface area (Å²) in [6.07, 6.45) is 4.91. The zero-order valence-corrected chi connectivity index (χ0v) is 21.9. The number of hydrogen-bond donors (Lipinski definition) is 3. The smallest absolute Gasteiger partial charge is 0.238 e. The second-order valence-electron chi connectivity index (χ2n) is 9.43. The number of likely N-dealkylation sites (N-methyl/N-ethyl adjacent to an activating group) is 1. The van der Waals surface area contributed by atoms with Gasteiger partial charge in [-0.1, -0.05) is 0 Å². The topological polar surface area (TPSA) is 138 Å².